The highest BCUT2D eigenvalue weighted by atomic mass is 32.1. The van der Waals surface area contributed by atoms with E-state index in [0.717, 1.165) is 24.5 Å². The van der Waals surface area contributed by atoms with E-state index in [1.54, 1.807) is 0 Å². The molecule has 108 valence electrons. The van der Waals surface area contributed by atoms with Gasteiger partial charge in [0, 0.05) is 23.5 Å². The van der Waals surface area contributed by atoms with Crippen molar-refractivity contribution in [3.05, 3.63) is 51.5 Å². The molecule has 20 heavy (non-hydrogen) atoms. The third-order valence-corrected chi connectivity index (χ3v) is 4.38. The quantitative estimate of drug-likeness (QED) is 0.776. The van der Waals surface area contributed by atoms with Gasteiger partial charge in [0.25, 0.3) is 0 Å². The maximum absolute atomic E-state index is 4.38. The Morgan fingerprint density at radius 2 is 2.15 bits per heavy atom. The van der Waals surface area contributed by atoms with Crippen molar-refractivity contribution in [1.29, 1.82) is 0 Å². The fourth-order valence-electron chi connectivity index (χ4n) is 2.43. The molecule has 0 saturated heterocycles. The molecule has 0 radical (unpaired) electrons. The van der Waals surface area contributed by atoms with E-state index in [1.807, 2.05) is 17.5 Å². The van der Waals surface area contributed by atoms with Crippen LogP contribution in [0.2, 0.25) is 0 Å². The lowest BCUT2D eigenvalue weighted by atomic mass is 9.94. The lowest BCUT2D eigenvalue weighted by Crippen LogP contribution is -2.23. The van der Waals surface area contributed by atoms with Crippen molar-refractivity contribution in [2.45, 2.75) is 39.5 Å². The summed E-state index contributed by atoms with van der Waals surface area (Å²) in [6, 6.07) is 8.89. The molecule has 1 unspecified atom stereocenters. The van der Waals surface area contributed by atoms with Crippen molar-refractivity contribution in [3.63, 3.8) is 0 Å². The van der Waals surface area contributed by atoms with Crippen molar-refractivity contribution in [2.24, 2.45) is 0 Å². The molecule has 2 rings (SSSR count). The molecule has 1 heterocycles. The van der Waals surface area contributed by atoms with Gasteiger partial charge in [0.1, 0.15) is 0 Å². The SMILES string of the molecule is CCCNCC(Cc1cnc(C)s1)c1cccc(C)c1. The van der Waals surface area contributed by atoms with Crippen LogP contribution in [0, 0.1) is 13.8 Å². The Hall–Kier alpha value is -1.19. The number of hydrogen-bond donors (Lipinski definition) is 1. The number of benzene rings is 1. The van der Waals surface area contributed by atoms with Gasteiger partial charge in [-0.3, -0.25) is 0 Å². The van der Waals surface area contributed by atoms with Gasteiger partial charge in [-0.05, 0) is 38.8 Å². The van der Waals surface area contributed by atoms with Crippen molar-refractivity contribution in [3.8, 4) is 0 Å². The molecule has 0 amide bonds. The van der Waals surface area contributed by atoms with E-state index < -0.39 is 0 Å². The molecule has 0 saturated carbocycles. The lowest BCUT2D eigenvalue weighted by molar-refractivity contribution is 0.579. The van der Waals surface area contributed by atoms with Gasteiger partial charge in [0.2, 0.25) is 0 Å². The van der Waals surface area contributed by atoms with Crippen LogP contribution in [-0.2, 0) is 6.42 Å². The molecular formula is C17H24N2S. The summed E-state index contributed by atoms with van der Waals surface area (Å²) in [7, 11) is 0. The van der Waals surface area contributed by atoms with Gasteiger partial charge in [-0.25, -0.2) is 4.98 Å². The Morgan fingerprint density at radius 3 is 2.80 bits per heavy atom. The van der Waals surface area contributed by atoms with Gasteiger partial charge < -0.3 is 5.32 Å². The smallest absolute Gasteiger partial charge is 0.0896 e. The number of nitrogens with one attached hydrogen (secondary N) is 1. The molecule has 1 N–H and O–H groups in total. The monoisotopic (exact) mass is 288 g/mol. The van der Waals surface area contributed by atoms with Crippen molar-refractivity contribution < 1.29 is 0 Å². The summed E-state index contributed by atoms with van der Waals surface area (Å²) in [5.74, 6) is 0.529. The van der Waals surface area contributed by atoms with Crippen molar-refractivity contribution in [1.82, 2.24) is 10.3 Å². The molecule has 2 aromatic rings. The van der Waals surface area contributed by atoms with Crippen LogP contribution < -0.4 is 5.32 Å². The summed E-state index contributed by atoms with van der Waals surface area (Å²) in [6.45, 7) is 8.57. The van der Waals surface area contributed by atoms with Crippen molar-refractivity contribution in [2.75, 3.05) is 13.1 Å². The zero-order valence-electron chi connectivity index (χ0n) is 12.6. The van der Waals surface area contributed by atoms with Gasteiger partial charge in [0.15, 0.2) is 0 Å². The Balaban J connectivity index is 2.11. The number of nitrogens with zero attached hydrogens (tertiary/aromatic N) is 1. The van der Waals surface area contributed by atoms with Crippen LogP contribution in [0.1, 0.15) is 40.3 Å². The first kappa shape index (κ1) is 15.2. The Bertz CT molecular complexity index is 533. The topological polar surface area (TPSA) is 24.9 Å². The molecule has 0 spiro atoms. The summed E-state index contributed by atoms with van der Waals surface area (Å²) in [4.78, 5) is 5.76. The van der Waals surface area contributed by atoms with E-state index in [2.05, 4.69) is 55.3 Å². The van der Waals surface area contributed by atoms with Crippen molar-refractivity contribution >= 4 is 11.3 Å². The highest BCUT2D eigenvalue weighted by Crippen LogP contribution is 2.24. The van der Waals surface area contributed by atoms with Crippen LogP contribution in [0.3, 0.4) is 0 Å². The minimum Gasteiger partial charge on any atom is -0.316 e. The standard InChI is InChI=1S/C17H24N2S/c1-4-8-18-11-16(10-17-12-19-14(3)20-17)15-7-5-6-13(2)9-15/h5-7,9,12,16,18H,4,8,10-11H2,1-3H3. The van der Waals surface area contributed by atoms with Crippen LogP contribution in [0.25, 0.3) is 0 Å². The first-order valence-corrected chi connectivity index (χ1v) is 8.19. The predicted molar refractivity (Wildman–Crippen MR) is 87.6 cm³/mol. The van der Waals surface area contributed by atoms with Gasteiger partial charge in [-0.2, -0.15) is 0 Å². The summed E-state index contributed by atoms with van der Waals surface area (Å²) in [6.07, 6.45) is 4.29. The molecule has 1 aromatic carbocycles. The van der Waals surface area contributed by atoms with Crippen LogP contribution >= 0.6 is 11.3 Å². The normalized spacial score (nSPS) is 12.6. The number of aromatic nitrogens is 1. The number of hydrogen-bond acceptors (Lipinski definition) is 3. The molecule has 0 aliphatic carbocycles. The first-order chi connectivity index (χ1) is 9.69. The predicted octanol–water partition coefficient (Wildman–Crippen LogP) is 4.09. The van der Waals surface area contributed by atoms with Crippen LogP contribution in [-0.4, -0.2) is 18.1 Å². The summed E-state index contributed by atoms with van der Waals surface area (Å²) >= 11 is 1.82. The average Bonchev–Trinajstić information content (AvgIpc) is 2.83. The summed E-state index contributed by atoms with van der Waals surface area (Å²) in [5, 5.41) is 4.72. The number of thiazole rings is 1. The van der Waals surface area contributed by atoms with Crippen LogP contribution in [0.5, 0.6) is 0 Å². The molecule has 1 aromatic heterocycles. The van der Waals surface area contributed by atoms with E-state index in [-0.39, 0.29) is 0 Å². The van der Waals surface area contributed by atoms with E-state index in [1.165, 1.54) is 22.4 Å². The second kappa shape index (κ2) is 7.55. The first-order valence-electron chi connectivity index (χ1n) is 7.37. The minimum atomic E-state index is 0.529. The molecule has 0 aliphatic rings. The van der Waals surface area contributed by atoms with Crippen LogP contribution in [0.4, 0.5) is 0 Å². The molecule has 0 fully saturated rings. The average molecular weight is 288 g/mol. The third kappa shape index (κ3) is 4.43. The van der Waals surface area contributed by atoms with Gasteiger partial charge >= 0.3 is 0 Å². The van der Waals surface area contributed by atoms with E-state index in [4.69, 9.17) is 0 Å². The molecule has 1 atom stereocenters. The zero-order chi connectivity index (χ0) is 14.4. The highest BCUT2D eigenvalue weighted by molar-refractivity contribution is 7.11. The Labute approximate surface area is 126 Å². The van der Waals surface area contributed by atoms with E-state index >= 15 is 0 Å². The second-order valence-electron chi connectivity index (χ2n) is 5.36. The van der Waals surface area contributed by atoms with Crippen LogP contribution in [0.15, 0.2) is 30.5 Å². The molecule has 0 bridgehead atoms. The van der Waals surface area contributed by atoms with Gasteiger partial charge in [-0.1, -0.05) is 36.8 Å². The summed E-state index contributed by atoms with van der Waals surface area (Å²) < 4.78 is 0. The molecule has 3 heteroatoms. The third-order valence-electron chi connectivity index (χ3n) is 3.45. The second-order valence-corrected chi connectivity index (χ2v) is 6.68. The minimum absolute atomic E-state index is 0.529. The summed E-state index contributed by atoms with van der Waals surface area (Å²) in [5.41, 5.74) is 2.77. The number of rotatable bonds is 7. The van der Waals surface area contributed by atoms with E-state index in [9.17, 15) is 0 Å². The zero-order valence-corrected chi connectivity index (χ0v) is 13.5. The lowest BCUT2D eigenvalue weighted by Gasteiger charge is -2.18. The van der Waals surface area contributed by atoms with E-state index in [0.29, 0.717) is 5.92 Å². The molecule has 2 nitrogen and oxygen atoms in total. The highest BCUT2D eigenvalue weighted by Gasteiger charge is 2.13. The van der Waals surface area contributed by atoms with Gasteiger partial charge in [-0.15, -0.1) is 11.3 Å². The molecule has 0 aliphatic heterocycles. The largest absolute Gasteiger partial charge is 0.316 e. The fraction of sp³-hybridized carbons (Fsp3) is 0.471. The Morgan fingerprint density at radius 1 is 1.30 bits per heavy atom. The molecular weight excluding hydrogens is 264 g/mol. The maximum Gasteiger partial charge on any atom is 0.0896 e. The Kier molecular flexibility index (Phi) is 5.74. The maximum atomic E-state index is 4.38. The van der Waals surface area contributed by atoms with Gasteiger partial charge in [0.05, 0.1) is 5.01 Å². The number of aryl methyl sites for hydroxylation is 2. The fourth-order valence-corrected chi connectivity index (χ4v) is 3.30.